The van der Waals surface area contributed by atoms with Crippen LogP contribution in [0, 0.1) is 0 Å². The summed E-state index contributed by atoms with van der Waals surface area (Å²) in [5, 5.41) is 11.1. The molecule has 14 heavy (non-hydrogen) atoms. The number of nitrogens with one attached hydrogen (secondary N) is 1. The first kappa shape index (κ1) is 12.4. The summed E-state index contributed by atoms with van der Waals surface area (Å²) < 4.78 is 0. The van der Waals surface area contributed by atoms with Gasteiger partial charge in [0.05, 0.1) is 11.1 Å². The first-order valence-electron chi connectivity index (χ1n) is 3.71. The van der Waals surface area contributed by atoms with Gasteiger partial charge in [-0.05, 0) is 12.1 Å². The average Bonchev–Trinajstić information content (AvgIpc) is 2.16. The Bertz CT molecular complexity index is 352. The molecule has 4 nitrogen and oxygen atoms in total. The molecule has 0 saturated carbocycles. The van der Waals surface area contributed by atoms with Gasteiger partial charge in [0.2, 0.25) is 0 Å². The molecule has 1 rings (SSSR count). The Hall–Kier alpha value is -1.55. The maximum absolute atomic E-state index is 11.2. The Labute approximate surface area is 87.3 Å². The van der Waals surface area contributed by atoms with E-state index < -0.39 is 11.9 Å². The predicted octanol–water partition coefficient (Wildman–Crippen LogP) is 1.17. The molecule has 5 heteroatoms. The van der Waals surface area contributed by atoms with E-state index in [0.717, 1.165) is 0 Å². The van der Waals surface area contributed by atoms with Crippen LogP contribution in [-0.2, 0) is 0 Å². The number of carbonyl (C=O) groups is 2. The number of hydrogen-bond acceptors (Lipinski definition) is 2. The molecule has 0 aliphatic carbocycles. The van der Waals surface area contributed by atoms with Gasteiger partial charge in [0.1, 0.15) is 0 Å². The topological polar surface area (TPSA) is 66.4 Å². The SMILES string of the molecule is CNC(=O)c1ccccc1C(=O)O.Cl. The fraction of sp³-hybridized carbons (Fsp3) is 0.111. The average molecular weight is 216 g/mol. The zero-order chi connectivity index (χ0) is 9.84. The van der Waals surface area contributed by atoms with Gasteiger partial charge in [-0.2, -0.15) is 0 Å². The maximum Gasteiger partial charge on any atom is 0.336 e. The smallest absolute Gasteiger partial charge is 0.336 e. The second-order valence-electron chi connectivity index (χ2n) is 2.43. The second-order valence-corrected chi connectivity index (χ2v) is 2.43. The lowest BCUT2D eigenvalue weighted by Gasteiger charge is -2.02. The van der Waals surface area contributed by atoms with Crippen LogP contribution in [0.2, 0.25) is 0 Å². The molecule has 1 aromatic carbocycles. The number of carboxylic acids is 1. The minimum absolute atomic E-state index is 0. The first-order chi connectivity index (χ1) is 6.16. The number of hydrogen-bond donors (Lipinski definition) is 2. The Balaban J connectivity index is 0.00000169. The van der Waals surface area contributed by atoms with Gasteiger partial charge in [0, 0.05) is 7.05 Å². The van der Waals surface area contributed by atoms with Crippen LogP contribution in [0.25, 0.3) is 0 Å². The number of rotatable bonds is 2. The van der Waals surface area contributed by atoms with Crippen LogP contribution in [0.1, 0.15) is 20.7 Å². The van der Waals surface area contributed by atoms with E-state index in [1.807, 2.05) is 0 Å². The first-order valence-corrected chi connectivity index (χ1v) is 3.71. The van der Waals surface area contributed by atoms with Crippen LogP contribution in [0.4, 0.5) is 0 Å². The van der Waals surface area contributed by atoms with Gasteiger partial charge in [-0.15, -0.1) is 12.4 Å². The summed E-state index contributed by atoms with van der Waals surface area (Å²) in [5.74, 6) is -1.49. The Kier molecular flexibility index (Phi) is 4.66. The molecular formula is C9H10ClNO3. The van der Waals surface area contributed by atoms with E-state index in [2.05, 4.69) is 5.32 Å². The molecular weight excluding hydrogens is 206 g/mol. The highest BCUT2D eigenvalue weighted by Gasteiger charge is 2.13. The van der Waals surface area contributed by atoms with E-state index in [1.54, 1.807) is 12.1 Å². The lowest BCUT2D eigenvalue weighted by molar-refractivity contribution is 0.0691. The fourth-order valence-electron chi connectivity index (χ4n) is 1.00. The summed E-state index contributed by atoms with van der Waals surface area (Å²) in [4.78, 5) is 21.8. The van der Waals surface area contributed by atoms with Crippen molar-refractivity contribution in [1.29, 1.82) is 0 Å². The predicted molar refractivity (Wildman–Crippen MR) is 54.0 cm³/mol. The lowest BCUT2D eigenvalue weighted by atomic mass is 10.1. The number of benzene rings is 1. The minimum Gasteiger partial charge on any atom is -0.478 e. The molecule has 0 aliphatic rings. The van der Waals surface area contributed by atoms with Crippen molar-refractivity contribution in [2.75, 3.05) is 7.05 Å². The Morgan fingerprint density at radius 3 is 2.14 bits per heavy atom. The normalized spacial score (nSPS) is 8.64. The van der Waals surface area contributed by atoms with Crippen LogP contribution in [0.5, 0.6) is 0 Å². The summed E-state index contributed by atoms with van der Waals surface area (Å²) >= 11 is 0. The van der Waals surface area contributed by atoms with Gasteiger partial charge in [-0.1, -0.05) is 12.1 Å². The highest BCUT2D eigenvalue weighted by molar-refractivity contribution is 6.04. The van der Waals surface area contributed by atoms with Crippen molar-refractivity contribution in [2.24, 2.45) is 0 Å². The fourth-order valence-corrected chi connectivity index (χ4v) is 1.00. The Morgan fingerprint density at radius 1 is 1.21 bits per heavy atom. The molecule has 0 radical (unpaired) electrons. The molecule has 0 bridgehead atoms. The van der Waals surface area contributed by atoms with Crippen molar-refractivity contribution in [3.8, 4) is 0 Å². The van der Waals surface area contributed by atoms with Crippen LogP contribution < -0.4 is 5.32 Å². The van der Waals surface area contributed by atoms with Crippen LogP contribution in [0.15, 0.2) is 24.3 Å². The largest absolute Gasteiger partial charge is 0.478 e. The van der Waals surface area contributed by atoms with Crippen LogP contribution in [-0.4, -0.2) is 24.0 Å². The number of aromatic carboxylic acids is 1. The van der Waals surface area contributed by atoms with Crippen molar-refractivity contribution >= 4 is 24.3 Å². The number of carbonyl (C=O) groups excluding carboxylic acids is 1. The molecule has 0 spiro atoms. The summed E-state index contributed by atoms with van der Waals surface area (Å²) in [7, 11) is 1.46. The third-order valence-corrected chi connectivity index (χ3v) is 1.63. The molecule has 0 atom stereocenters. The standard InChI is InChI=1S/C9H9NO3.ClH/c1-10-8(11)6-4-2-3-5-7(6)9(12)13;/h2-5H,1H3,(H,10,11)(H,12,13);1H. The third kappa shape index (κ3) is 2.47. The molecule has 0 unspecified atom stereocenters. The molecule has 0 fully saturated rings. The molecule has 1 aromatic rings. The maximum atomic E-state index is 11.2. The molecule has 0 aliphatic heterocycles. The molecule has 0 aromatic heterocycles. The lowest BCUT2D eigenvalue weighted by Crippen LogP contribution is -2.20. The quantitative estimate of drug-likeness (QED) is 0.778. The van der Waals surface area contributed by atoms with E-state index in [0.29, 0.717) is 0 Å². The monoisotopic (exact) mass is 215 g/mol. The molecule has 0 saturated heterocycles. The van der Waals surface area contributed by atoms with Gasteiger partial charge in [-0.3, -0.25) is 4.79 Å². The minimum atomic E-state index is -1.10. The van der Waals surface area contributed by atoms with E-state index in [4.69, 9.17) is 5.11 Å². The van der Waals surface area contributed by atoms with E-state index in [-0.39, 0.29) is 23.5 Å². The van der Waals surface area contributed by atoms with Crippen molar-refractivity contribution < 1.29 is 14.7 Å². The van der Waals surface area contributed by atoms with Gasteiger partial charge in [-0.25, -0.2) is 4.79 Å². The van der Waals surface area contributed by atoms with Gasteiger partial charge >= 0.3 is 5.97 Å². The zero-order valence-corrected chi connectivity index (χ0v) is 8.30. The zero-order valence-electron chi connectivity index (χ0n) is 7.48. The summed E-state index contributed by atoms with van der Waals surface area (Å²) in [6.07, 6.45) is 0. The number of amides is 1. The van der Waals surface area contributed by atoms with Crippen molar-refractivity contribution in [2.45, 2.75) is 0 Å². The van der Waals surface area contributed by atoms with E-state index >= 15 is 0 Å². The molecule has 0 heterocycles. The van der Waals surface area contributed by atoms with E-state index in [1.165, 1.54) is 19.2 Å². The molecule has 76 valence electrons. The van der Waals surface area contributed by atoms with Gasteiger partial charge < -0.3 is 10.4 Å². The molecule has 1 amide bonds. The van der Waals surface area contributed by atoms with Crippen molar-refractivity contribution in [3.05, 3.63) is 35.4 Å². The second kappa shape index (κ2) is 5.24. The van der Waals surface area contributed by atoms with Crippen molar-refractivity contribution in [3.63, 3.8) is 0 Å². The van der Waals surface area contributed by atoms with Crippen LogP contribution in [0.3, 0.4) is 0 Å². The van der Waals surface area contributed by atoms with Crippen molar-refractivity contribution in [1.82, 2.24) is 5.32 Å². The van der Waals surface area contributed by atoms with Gasteiger partial charge in [0.15, 0.2) is 0 Å². The highest BCUT2D eigenvalue weighted by Crippen LogP contribution is 2.07. The number of halogens is 1. The third-order valence-electron chi connectivity index (χ3n) is 1.63. The Morgan fingerprint density at radius 2 is 1.71 bits per heavy atom. The van der Waals surface area contributed by atoms with E-state index in [9.17, 15) is 9.59 Å². The summed E-state index contributed by atoms with van der Waals surface area (Å²) in [6.45, 7) is 0. The summed E-state index contributed by atoms with van der Waals surface area (Å²) in [5.41, 5.74) is 0.194. The summed E-state index contributed by atoms with van der Waals surface area (Å²) in [6, 6.07) is 6.07. The highest BCUT2D eigenvalue weighted by atomic mass is 35.5. The van der Waals surface area contributed by atoms with Gasteiger partial charge in [0.25, 0.3) is 5.91 Å². The van der Waals surface area contributed by atoms with Crippen LogP contribution >= 0.6 is 12.4 Å². The number of carboxylic acid groups (broad SMARTS) is 1. The molecule has 2 N–H and O–H groups in total.